The highest BCUT2D eigenvalue weighted by atomic mass is 16.5. The fourth-order valence-electron chi connectivity index (χ4n) is 3.53. The molecule has 8 nitrogen and oxygen atoms in total. The molecule has 1 fully saturated rings. The molecule has 1 aliphatic heterocycles. The third-order valence-electron chi connectivity index (χ3n) is 4.71. The molecule has 0 N–H and O–H groups in total. The molecule has 2 unspecified atom stereocenters. The molecule has 2 aromatic rings. The molecule has 0 radical (unpaired) electrons. The number of aromatic nitrogens is 4. The van der Waals surface area contributed by atoms with Crippen molar-refractivity contribution in [2.24, 2.45) is 11.8 Å². The normalized spacial score (nSPS) is 20.1. The molecular formula is C20H25N5O3. The zero-order valence-corrected chi connectivity index (χ0v) is 16.4. The highest BCUT2D eigenvalue weighted by Crippen LogP contribution is 2.21. The summed E-state index contributed by atoms with van der Waals surface area (Å²) >= 11 is 0. The fraction of sp³-hybridized carbons (Fsp3) is 0.450. The number of hydrogen-bond donors (Lipinski definition) is 0. The number of ether oxygens (including phenoxy) is 1. The molecule has 0 saturated carbocycles. The molecule has 148 valence electrons. The lowest BCUT2D eigenvalue weighted by Crippen LogP contribution is -2.44. The van der Waals surface area contributed by atoms with Crippen LogP contribution in [0.15, 0.2) is 30.3 Å². The number of amides is 1. The molecule has 28 heavy (non-hydrogen) atoms. The maximum absolute atomic E-state index is 12.7. The van der Waals surface area contributed by atoms with E-state index < -0.39 is 5.97 Å². The molecule has 1 saturated heterocycles. The minimum Gasteiger partial charge on any atom is -0.451 e. The van der Waals surface area contributed by atoms with Crippen LogP contribution >= 0.6 is 0 Å². The first kappa shape index (κ1) is 19.7. The van der Waals surface area contributed by atoms with E-state index >= 15 is 0 Å². The number of aryl methyl sites for hydroxylation is 1. The fourth-order valence-corrected chi connectivity index (χ4v) is 3.53. The van der Waals surface area contributed by atoms with Crippen LogP contribution in [-0.4, -0.2) is 56.7 Å². The molecule has 1 amide bonds. The van der Waals surface area contributed by atoms with Gasteiger partial charge in [-0.1, -0.05) is 44.2 Å². The van der Waals surface area contributed by atoms with Crippen LogP contribution in [0.5, 0.6) is 0 Å². The lowest BCUT2D eigenvalue weighted by atomic mass is 9.92. The summed E-state index contributed by atoms with van der Waals surface area (Å²) in [5.74, 6) is 0.510. The Labute approximate surface area is 164 Å². The Morgan fingerprint density at radius 2 is 1.86 bits per heavy atom. The third-order valence-corrected chi connectivity index (χ3v) is 4.71. The molecule has 1 aliphatic rings. The largest absolute Gasteiger partial charge is 0.451 e. The van der Waals surface area contributed by atoms with Crippen LogP contribution in [0.2, 0.25) is 0 Å². The maximum atomic E-state index is 12.7. The van der Waals surface area contributed by atoms with E-state index in [4.69, 9.17) is 4.74 Å². The van der Waals surface area contributed by atoms with E-state index in [0.717, 1.165) is 12.0 Å². The summed E-state index contributed by atoms with van der Waals surface area (Å²) in [7, 11) is 0. The Kier molecular flexibility index (Phi) is 6.18. The lowest BCUT2D eigenvalue weighted by molar-refractivity contribution is -0.149. The minimum atomic E-state index is -0.647. The van der Waals surface area contributed by atoms with E-state index in [1.165, 1.54) is 4.68 Å². The highest BCUT2D eigenvalue weighted by molar-refractivity contribution is 6.15. The standard InChI is InChI=1S/C20H25N5O3/c1-14-9-15(2)12-24(11-14)19(26)13-28-20(27)18(25-16(3)21-22-23-25)10-17-7-5-4-6-8-17/h4-8,10,14-15H,9,11-13H2,1-3H3/b18-10-. The predicted octanol–water partition coefficient (Wildman–Crippen LogP) is 2.03. The number of carbonyl (C=O) groups excluding carboxylic acids is 2. The molecule has 1 aromatic heterocycles. The first-order valence-corrected chi connectivity index (χ1v) is 9.41. The first-order chi connectivity index (χ1) is 13.4. The second-order valence-corrected chi connectivity index (χ2v) is 7.40. The highest BCUT2D eigenvalue weighted by Gasteiger charge is 2.27. The van der Waals surface area contributed by atoms with E-state index in [-0.39, 0.29) is 18.2 Å². The Balaban J connectivity index is 1.73. The van der Waals surface area contributed by atoms with Gasteiger partial charge in [-0.15, -0.1) is 5.10 Å². The summed E-state index contributed by atoms with van der Waals surface area (Å²) in [5, 5.41) is 11.3. The summed E-state index contributed by atoms with van der Waals surface area (Å²) in [6.07, 6.45) is 2.74. The van der Waals surface area contributed by atoms with E-state index in [2.05, 4.69) is 29.4 Å². The second-order valence-electron chi connectivity index (χ2n) is 7.40. The van der Waals surface area contributed by atoms with Crippen molar-refractivity contribution in [3.63, 3.8) is 0 Å². The molecular weight excluding hydrogens is 358 g/mol. The summed E-state index contributed by atoms with van der Waals surface area (Å²) in [6.45, 7) is 7.03. The zero-order chi connectivity index (χ0) is 20.1. The summed E-state index contributed by atoms with van der Waals surface area (Å²) < 4.78 is 6.64. The lowest BCUT2D eigenvalue weighted by Gasteiger charge is -2.34. The number of esters is 1. The van der Waals surface area contributed by atoms with E-state index in [1.54, 1.807) is 17.9 Å². The van der Waals surface area contributed by atoms with Gasteiger partial charge in [0.05, 0.1) is 0 Å². The van der Waals surface area contributed by atoms with Gasteiger partial charge in [0.25, 0.3) is 5.91 Å². The number of piperidine rings is 1. The van der Waals surface area contributed by atoms with Gasteiger partial charge in [-0.25, -0.2) is 4.79 Å². The molecule has 1 aromatic carbocycles. The van der Waals surface area contributed by atoms with Crippen LogP contribution in [-0.2, 0) is 14.3 Å². The maximum Gasteiger partial charge on any atom is 0.357 e. The van der Waals surface area contributed by atoms with Gasteiger partial charge in [-0.2, -0.15) is 4.68 Å². The van der Waals surface area contributed by atoms with Crippen LogP contribution in [0.25, 0.3) is 11.8 Å². The summed E-state index contributed by atoms with van der Waals surface area (Å²) in [6, 6.07) is 9.33. The molecule has 0 spiro atoms. The van der Waals surface area contributed by atoms with Crippen molar-refractivity contribution in [1.29, 1.82) is 0 Å². The quantitative estimate of drug-likeness (QED) is 0.580. The van der Waals surface area contributed by atoms with Gasteiger partial charge in [-0.05, 0) is 47.2 Å². The van der Waals surface area contributed by atoms with Crippen molar-refractivity contribution in [3.8, 4) is 0 Å². The number of nitrogens with zero attached hydrogens (tertiary/aromatic N) is 5. The molecule has 0 aliphatic carbocycles. The van der Waals surface area contributed by atoms with Crippen LogP contribution < -0.4 is 0 Å². The third kappa shape index (κ3) is 4.82. The number of rotatable bonds is 5. The number of benzene rings is 1. The van der Waals surface area contributed by atoms with Crippen molar-refractivity contribution in [3.05, 3.63) is 41.7 Å². The van der Waals surface area contributed by atoms with Crippen molar-refractivity contribution in [2.45, 2.75) is 27.2 Å². The average Bonchev–Trinajstić information content (AvgIpc) is 3.09. The molecule has 3 rings (SSSR count). The van der Waals surface area contributed by atoms with Gasteiger partial charge in [-0.3, -0.25) is 4.79 Å². The van der Waals surface area contributed by atoms with Crippen LogP contribution in [0, 0.1) is 18.8 Å². The smallest absolute Gasteiger partial charge is 0.357 e. The Morgan fingerprint density at radius 1 is 1.18 bits per heavy atom. The number of likely N-dealkylation sites (tertiary alicyclic amines) is 1. The monoisotopic (exact) mass is 383 g/mol. The number of tetrazole rings is 1. The first-order valence-electron chi connectivity index (χ1n) is 9.41. The predicted molar refractivity (Wildman–Crippen MR) is 104 cm³/mol. The SMILES string of the molecule is Cc1nnnn1/C(=C\c1ccccc1)C(=O)OCC(=O)N1CC(C)CC(C)C1. The molecule has 2 heterocycles. The summed E-state index contributed by atoms with van der Waals surface area (Å²) in [5.41, 5.74) is 0.955. The van der Waals surface area contributed by atoms with Gasteiger partial charge < -0.3 is 9.64 Å². The minimum absolute atomic E-state index is 0.155. The molecule has 8 heteroatoms. The van der Waals surface area contributed by atoms with E-state index in [1.807, 2.05) is 30.3 Å². The Morgan fingerprint density at radius 3 is 2.46 bits per heavy atom. The van der Waals surface area contributed by atoms with Gasteiger partial charge in [0.2, 0.25) is 0 Å². The van der Waals surface area contributed by atoms with Gasteiger partial charge in [0.15, 0.2) is 18.1 Å². The van der Waals surface area contributed by atoms with Crippen LogP contribution in [0.1, 0.15) is 31.7 Å². The topological polar surface area (TPSA) is 90.2 Å². The van der Waals surface area contributed by atoms with Gasteiger partial charge >= 0.3 is 5.97 Å². The molecule has 2 atom stereocenters. The van der Waals surface area contributed by atoms with E-state index in [0.29, 0.717) is 30.7 Å². The van der Waals surface area contributed by atoms with Crippen LogP contribution in [0.4, 0.5) is 0 Å². The number of carbonyl (C=O) groups is 2. The summed E-state index contributed by atoms with van der Waals surface area (Å²) in [4.78, 5) is 27.0. The van der Waals surface area contributed by atoms with Gasteiger partial charge in [0, 0.05) is 13.1 Å². The second kappa shape index (κ2) is 8.77. The van der Waals surface area contributed by atoms with Gasteiger partial charge in [0.1, 0.15) is 0 Å². The van der Waals surface area contributed by atoms with Crippen molar-refractivity contribution < 1.29 is 14.3 Å². The Hall–Kier alpha value is -3.03. The van der Waals surface area contributed by atoms with Crippen molar-refractivity contribution in [1.82, 2.24) is 25.1 Å². The molecule has 0 bridgehead atoms. The Bertz CT molecular complexity index is 852. The van der Waals surface area contributed by atoms with Crippen molar-refractivity contribution >= 4 is 23.6 Å². The number of hydrogen-bond acceptors (Lipinski definition) is 6. The average molecular weight is 383 g/mol. The van der Waals surface area contributed by atoms with Crippen LogP contribution in [0.3, 0.4) is 0 Å². The zero-order valence-electron chi connectivity index (χ0n) is 16.4. The van der Waals surface area contributed by atoms with E-state index in [9.17, 15) is 9.59 Å². The van der Waals surface area contributed by atoms with Crippen molar-refractivity contribution in [2.75, 3.05) is 19.7 Å².